The van der Waals surface area contributed by atoms with Crippen molar-refractivity contribution in [2.75, 3.05) is 13.6 Å². The summed E-state index contributed by atoms with van der Waals surface area (Å²) in [5, 5.41) is 9.01. The van der Waals surface area contributed by atoms with Gasteiger partial charge in [-0.15, -0.1) is 0 Å². The third-order valence-electron chi connectivity index (χ3n) is 2.80. The molecule has 4 nitrogen and oxygen atoms in total. The summed E-state index contributed by atoms with van der Waals surface area (Å²) in [4.78, 5) is 23.9. The molecule has 0 aromatic carbocycles. The quantitative estimate of drug-likeness (QED) is 0.693. The summed E-state index contributed by atoms with van der Waals surface area (Å²) in [6.45, 7) is 4.39. The maximum absolute atomic E-state index is 11.3. The molecule has 0 fully saturated rings. The van der Waals surface area contributed by atoms with Crippen LogP contribution in [0.5, 0.6) is 0 Å². The lowest BCUT2D eigenvalue weighted by atomic mass is 9.98. The van der Waals surface area contributed by atoms with Gasteiger partial charge in [0.15, 0.2) is 0 Å². The first-order valence-electron chi connectivity index (χ1n) is 5.99. The Balaban J connectivity index is 4.01. The van der Waals surface area contributed by atoms with E-state index in [1.54, 1.807) is 11.9 Å². The SMILES string of the molecule is CCCCC(CCN(C)C(=O)CC)C(=O)O. The minimum Gasteiger partial charge on any atom is -0.481 e. The molecule has 0 aromatic rings. The van der Waals surface area contributed by atoms with Gasteiger partial charge in [0, 0.05) is 20.0 Å². The van der Waals surface area contributed by atoms with Crippen molar-refractivity contribution < 1.29 is 14.7 Å². The number of carboxylic acid groups (broad SMARTS) is 1. The maximum atomic E-state index is 11.3. The van der Waals surface area contributed by atoms with E-state index in [1.807, 2.05) is 13.8 Å². The molecule has 0 saturated carbocycles. The lowest BCUT2D eigenvalue weighted by molar-refractivity contribution is -0.143. The molecule has 1 atom stereocenters. The molecule has 94 valence electrons. The van der Waals surface area contributed by atoms with E-state index >= 15 is 0 Å². The number of carboxylic acids is 1. The monoisotopic (exact) mass is 229 g/mol. The van der Waals surface area contributed by atoms with Crippen molar-refractivity contribution in [2.45, 2.75) is 46.0 Å². The third-order valence-corrected chi connectivity index (χ3v) is 2.80. The summed E-state index contributed by atoms with van der Waals surface area (Å²) < 4.78 is 0. The Labute approximate surface area is 97.6 Å². The van der Waals surface area contributed by atoms with E-state index in [4.69, 9.17) is 5.11 Å². The summed E-state index contributed by atoms with van der Waals surface area (Å²) in [5.41, 5.74) is 0. The summed E-state index contributed by atoms with van der Waals surface area (Å²) in [6.07, 6.45) is 3.68. The van der Waals surface area contributed by atoms with Gasteiger partial charge in [-0.1, -0.05) is 26.7 Å². The molecule has 0 radical (unpaired) electrons. The van der Waals surface area contributed by atoms with Crippen LogP contribution in [0.25, 0.3) is 0 Å². The number of amides is 1. The Morgan fingerprint density at radius 3 is 2.31 bits per heavy atom. The molecule has 0 spiro atoms. The molecular weight excluding hydrogens is 206 g/mol. The number of rotatable bonds is 8. The number of unbranched alkanes of at least 4 members (excludes halogenated alkanes) is 1. The molecule has 0 heterocycles. The van der Waals surface area contributed by atoms with Crippen LogP contribution in [0.3, 0.4) is 0 Å². The first-order chi connectivity index (χ1) is 7.52. The highest BCUT2D eigenvalue weighted by molar-refractivity contribution is 5.75. The lowest BCUT2D eigenvalue weighted by Crippen LogP contribution is -2.29. The molecule has 1 amide bonds. The predicted molar refractivity (Wildman–Crippen MR) is 63.2 cm³/mol. The number of aliphatic carboxylic acids is 1. The average molecular weight is 229 g/mol. The second-order valence-electron chi connectivity index (χ2n) is 4.13. The fourth-order valence-electron chi connectivity index (χ4n) is 1.59. The average Bonchev–Trinajstić information content (AvgIpc) is 2.27. The van der Waals surface area contributed by atoms with Crippen molar-refractivity contribution in [3.05, 3.63) is 0 Å². The molecule has 0 aromatic heterocycles. The molecule has 1 N–H and O–H groups in total. The fourth-order valence-corrected chi connectivity index (χ4v) is 1.59. The minimum atomic E-state index is -0.745. The smallest absolute Gasteiger partial charge is 0.306 e. The molecule has 0 aliphatic carbocycles. The van der Waals surface area contributed by atoms with Crippen LogP contribution in [0.1, 0.15) is 46.0 Å². The number of carbonyl (C=O) groups is 2. The molecule has 1 unspecified atom stereocenters. The number of carbonyl (C=O) groups excluding carboxylic acids is 1. The zero-order valence-electron chi connectivity index (χ0n) is 10.5. The Morgan fingerprint density at radius 1 is 1.25 bits per heavy atom. The molecule has 16 heavy (non-hydrogen) atoms. The van der Waals surface area contributed by atoms with Gasteiger partial charge >= 0.3 is 5.97 Å². The van der Waals surface area contributed by atoms with Crippen LogP contribution in [0.4, 0.5) is 0 Å². The van der Waals surface area contributed by atoms with Crippen molar-refractivity contribution in [3.63, 3.8) is 0 Å². The van der Waals surface area contributed by atoms with Gasteiger partial charge in [-0.25, -0.2) is 0 Å². The molecule has 0 aliphatic rings. The van der Waals surface area contributed by atoms with Gasteiger partial charge < -0.3 is 10.0 Å². The predicted octanol–water partition coefficient (Wildman–Crippen LogP) is 2.14. The van der Waals surface area contributed by atoms with Crippen molar-refractivity contribution in [2.24, 2.45) is 5.92 Å². The van der Waals surface area contributed by atoms with Gasteiger partial charge in [0.1, 0.15) is 0 Å². The number of hydrogen-bond donors (Lipinski definition) is 1. The summed E-state index contributed by atoms with van der Waals surface area (Å²) in [7, 11) is 1.73. The first-order valence-corrected chi connectivity index (χ1v) is 5.99. The van der Waals surface area contributed by atoms with E-state index in [0.29, 0.717) is 25.8 Å². The largest absolute Gasteiger partial charge is 0.481 e. The Bertz CT molecular complexity index is 228. The summed E-state index contributed by atoms with van der Waals surface area (Å²) in [5.74, 6) is -0.988. The van der Waals surface area contributed by atoms with Crippen molar-refractivity contribution in [1.29, 1.82) is 0 Å². The van der Waals surface area contributed by atoms with Gasteiger partial charge in [-0.05, 0) is 12.8 Å². The maximum Gasteiger partial charge on any atom is 0.306 e. The van der Waals surface area contributed by atoms with Gasteiger partial charge in [0.05, 0.1) is 5.92 Å². The Morgan fingerprint density at radius 2 is 1.88 bits per heavy atom. The first kappa shape index (κ1) is 14.9. The minimum absolute atomic E-state index is 0.0691. The topological polar surface area (TPSA) is 57.6 Å². The van der Waals surface area contributed by atoms with Gasteiger partial charge in [-0.2, -0.15) is 0 Å². The molecule has 4 heteroatoms. The zero-order chi connectivity index (χ0) is 12.6. The van der Waals surface area contributed by atoms with E-state index < -0.39 is 5.97 Å². The van der Waals surface area contributed by atoms with Crippen LogP contribution >= 0.6 is 0 Å². The van der Waals surface area contributed by atoms with Crippen molar-refractivity contribution >= 4 is 11.9 Å². The van der Waals surface area contributed by atoms with E-state index in [2.05, 4.69) is 0 Å². The van der Waals surface area contributed by atoms with Gasteiger partial charge in [0.2, 0.25) is 5.91 Å². The van der Waals surface area contributed by atoms with Crippen LogP contribution in [0.2, 0.25) is 0 Å². The summed E-state index contributed by atoms with van der Waals surface area (Å²) >= 11 is 0. The van der Waals surface area contributed by atoms with E-state index in [-0.39, 0.29) is 11.8 Å². The zero-order valence-corrected chi connectivity index (χ0v) is 10.5. The van der Waals surface area contributed by atoms with Gasteiger partial charge in [-0.3, -0.25) is 9.59 Å². The van der Waals surface area contributed by atoms with E-state index in [0.717, 1.165) is 12.8 Å². The number of nitrogens with zero attached hydrogens (tertiary/aromatic N) is 1. The second kappa shape index (κ2) is 8.13. The van der Waals surface area contributed by atoms with Crippen molar-refractivity contribution in [1.82, 2.24) is 4.90 Å². The molecular formula is C12H23NO3. The van der Waals surface area contributed by atoms with Gasteiger partial charge in [0.25, 0.3) is 0 Å². The van der Waals surface area contributed by atoms with E-state index in [1.165, 1.54) is 0 Å². The lowest BCUT2D eigenvalue weighted by Gasteiger charge is -2.19. The molecule has 0 aliphatic heterocycles. The highest BCUT2D eigenvalue weighted by atomic mass is 16.4. The fraction of sp³-hybridized carbons (Fsp3) is 0.833. The summed E-state index contributed by atoms with van der Waals surface area (Å²) in [6, 6.07) is 0. The van der Waals surface area contributed by atoms with E-state index in [9.17, 15) is 9.59 Å². The Kier molecular flexibility index (Phi) is 7.60. The highest BCUT2D eigenvalue weighted by Crippen LogP contribution is 2.13. The number of hydrogen-bond acceptors (Lipinski definition) is 2. The normalized spacial score (nSPS) is 12.2. The van der Waals surface area contributed by atoms with Crippen LogP contribution in [-0.2, 0) is 9.59 Å². The van der Waals surface area contributed by atoms with Crippen molar-refractivity contribution in [3.8, 4) is 0 Å². The van der Waals surface area contributed by atoms with Crippen LogP contribution in [0, 0.1) is 5.92 Å². The standard InChI is InChI=1S/C12H23NO3/c1-4-6-7-10(12(15)16)8-9-13(3)11(14)5-2/h10H,4-9H2,1-3H3,(H,15,16). The Hall–Kier alpha value is -1.06. The molecule has 0 bridgehead atoms. The molecule has 0 saturated heterocycles. The van der Waals surface area contributed by atoms with Crippen LogP contribution in [0.15, 0.2) is 0 Å². The van der Waals surface area contributed by atoms with Crippen LogP contribution < -0.4 is 0 Å². The third kappa shape index (κ3) is 5.73. The second-order valence-corrected chi connectivity index (χ2v) is 4.13. The highest BCUT2D eigenvalue weighted by Gasteiger charge is 2.18. The van der Waals surface area contributed by atoms with Crippen LogP contribution in [-0.4, -0.2) is 35.5 Å². The molecule has 0 rings (SSSR count).